The van der Waals surface area contributed by atoms with E-state index >= 15 is 0 Å². The molecular formula is C14H20FNO3S. The molecule has 4 nitrogen and oxygen atoms in total. The van der Waals surface area contributed by atoms with Crippen LogP contribution in [0.5, 0.6) is 0 Å². The average molecular weight is 301 g/mol. The molecule has 0 aliphatic heterocycles. The number of hydrogen-bond donors (Lipinski definition) is 1. The first-order valence-corrected chi connectivity index (χ1v) is 8.07. The molecule has 0 spiro atoms. The molecule has 0 aliphatic carbocycles. The fraction of sp³-hybridized carbons (Fsp3) is 0.500. The van der Waals surface area contributed by atoms with Crippen LogP contribution in [0.25, 0.3) is 0 Å². The molecule has 0 radical (unpaired) electrons. The van der Waals surface area contributed by atoms with Crippen LogP contribution in [-0.2, 0) is 22.1 Å². The van der Waals surface area contributed by atoms with Crippen molar-refractivity contribution in [2.75, 3.05) is 19.1 Å². The van der Waals surface area contributed by atoms with Crippen molar-refractivity contribution in [3.05, 3.63) is 35.1 Å². The fourth-order valence-electron chi connectivity index (χ4n) is 1.68. The molecule has 0 aliphatic rings. The van der Waals surface area contributed by atoms with Gasteiger partial charge in [-0.15, -0.1) is 0 Å². The van der Waals surface area contributed by atoms with E-state index in [1.807, 2.05) is 6.92 Å². The number of ether oxygens (including phenoxy) is 1. The molecule has 1 aromatic rings. The molecule has 0 amide bonds. The number of hydrogen-bond acceptors (Lipinski definition) is 4. The zero-order chi connectivity index (χ0) is 15.1. The third-order valence-electron chi connectivity index (χ3n) is 2.93. The van der Waals surface area contributed by atoms with E-state index < -0.39 is 22.6 Å². The Balaban J connectivity index is 2.55. The number of halogens is 1. The molecule has 0 saturated carbocycles. The van der Waals surface area contributed by atoms with Crippen molar-refractivity contribution >= 4 is 16.8 Å². The number of rotatable bonds is 7. The van der Waals surface area contributed by atoms with Crippen molar-refractivity contribution in [1.82, 2.24) is 5.32 Å². The van der Waals surface area contributed by atoms with E-state index in [1.54, 1.807) is 12.3 Å². The summed E-state index contributed by atoms with van der Waals surface area (Å²) in [5, 5.41) is 3.23. The number of nitrogens with one attached hydrogen (secondary N) is 1. The molecule has 0 bridgehead atoms. The molecule has 20 heavy (non-hydrogen) atoms. The van der Waals surface area contributed by atoms with Crippen LogP contribution in [0, 0.1) is 5.82 Å². The minimum atomic E-state index is -0.799. The first-order chi connectivity index (χ1) is 9.43. The number of benzene rings is 1. The lowest BCUT2D eigenvalue weighted by Gasteiger charge is -2.13. The standard InChI is InChI=1S/C14H20FNO3S/c1-10(6-7-20(3)18)16-9-11-4-5-12(13(15)8-11)14(17)19-2/h4-5,8,10,16H,6-7,9H2,1-3H3. The Morgan fingerprint density at radius 2 is 2.20 bits per heavy atom. The van der Waals surface area contributed by atoms with E-state index in [0.717, 1.165) is 12.0 Å². The molecule has 0 saturated heterocycles. The Kier molecular flexibility index (Phi) is 6.81. The molecule has 112 valence electrons. The number of esters is 1. The fourth-order valence-corrected chi connectivity index (χ4v) is 2.37. The maximum Gasteiger partial charge on any atom is 0.340 e. The van der Waals surface area contributed by atoms with E-state index in [9.17, 15) is 13.4 Å². The summed E-state index contributed by atoms with van der Waals surface area (Å²) >= 11 is 0. The van der Waals surface area contributed by atoms with Gasteiger partial charge in [0.25, 0.3) is 0 Å². The van der Waals surface area contributed by atoms with Crippen LogP contribution in [0.3, 0.4) is 0 Å². The second-order valence-electron chi connectivity index (χ2n) is 4.65. The van der Waals surface area contributed by atoms with Crippen LogP contribution in [0.1, 0.15) is 29.3 Å². The highest BCUT2D eigenvalue weighted by atomic mass is 32.2. The van der Waals surface area contributed by atoms with Crippen molar-refractivity contribution in [3.63, 3.8) is 0 Å². The SMILES string of the molecule is COC(=O)c1ccc(CNC(C)CCS(C)=O)cc1F. The largest absolute Gasteiger partial charge is 0.465 e. The van der Waals surface area contributed by atoms with Gasteiger partial charge >= 0.3 is 5.97 Å². The molecule has 2 unspecified atom stereocenters. The lowest BCUT2D eigenvalue weighted by atomic mass is 10.1. The second kappa shape index (κ2) is 8.11. The van der Waals surface area contributed by atoms with Gasteiger partial charge in [0.1, 0.15) is 5.82 Å². The third kappa shape index (κ3) is 5.38. The van der Waals surface area contributed by atoms with Crippen LogP contribution in [0.2, 0.25) is 0 Å². The van der Waals surface area contributed by atoms with Gasteiger partial charge in [0.15, 0.2) is 0 Å². The summed E-state index contributed by atoms with van der Waals surface area (Å²) in [5.74, 6) is -0.622. The number of carbonyl (C=O) groups excluding carboxylic acids is 1. The number of carbonyl (C=O) groups is 1. The first kappa shape index (κ1) is 16.8. The molecule has 6 heteroatoms. The minimum absolute atomic E-state index is 0.0642. The van der Waals surface area contributed by atoms with E-state index in [0.29, 0.717) is 12.3 Å². The van der Waals surface area contributed by atoms with Crippen molar-refractivity contribution < 1.29 is 18.1 Å². The quantitative estimate of drug-likeness (QED) is 0.781. The van der Waals surface area contributed by atoms with Crippen LogP contribution >= 0.6 is 0 Å². The van der Waals surface area contributed by atoms with E-state index in [4.69, 9.17) is 0 Å². The summed E-state index contributed by atoms with van der Waals surface area (Å²) < 4.78 is 29.2. The Morgan fingerprint density at radius 1 is 1.50 bits per heavy atom. The summed E-state index contributed by atoms with van der Waals surface area (Å²) in [5.41, 5.74) is 0.685. The van der Waals surface area contributed by atoms with Crippen LogP contribution < -0.4 is 5.32 Å². The highest BCUT2D eigenvalue weighted by molar-refractivity contribution is 7.84. The van der Waals surface area contributed by atoms with Gasteiger partial charge in [-0.25, -0.2) is 9.18 Å². The first-order valence-electron chi connectivity index (χ1n) is 6.34. The van der Waals surface area contributed by atoms with Crippen molar-refractivity contribution in [3.8, 4) is 0 Å². The molecule has 0 heterocycles. The van der Waals surface area contributed by atoms with Gasteiger partial charge in [0, 0.05) is 35.4 Å². The van der Waals surface area contributed by atoms with Gasteiger partial charge in [-0.05, 0) is 31.0 Å². The van der Waals surface area contributed by atoms with Crippen LogP contribution in [-0.4, -0.2) is 35.3 Å². The molecule has 0 aromatic heterocycles. The topological polar surface area (TPSA) is 55.4 Å². The lowest BCUT2D eigenvalue weighted by molar-refractivity contribution is 0.0595. The van der Waals surface area contributed by atoms with Crippen molar-refractivity contribution in [1.29, 1.82) is 0 Å². The third-order valence-corrected chi connectivity index (χ3v) is 3.74. The minimum Gasteiger partial charge on any atom is -0.465 e. The molecule has 1 rings (SSSR count). The molecule has 1 aromatic carbocycles. The van der Waals surface area contributed by atoms with Gasteiger partial charge in [-0.1, -0.05) is 6.07 Å². The second-order valence-corrected chi connectivity index (χ2v) is 6.21. The zero-order valence-electron chi connectivity index (χ0n) is 11.9. The molecule has 2 atom stereocenters. The van der Waals surface area contributed by atoms with E-state index in [1.165, 1.54) is 19.2 Å². The lowest BCUT2D eigenvalue weighted by Crippen LogP contribution is -2.27. The summed E-state index contributed by atoms with van der Waals surface area (Å²) in [6.45, 7) is 2.49. The molecular weight excluding hydrogens is 281 g/mol. The molecule has 1 N–H and O–H groups in total. The van der Waals surface area contributed by atoms with E-state index in [2.05, 4.69) is 10.1 Å². The van der Waals surface area contributed by atoms with Gasteiger partial charge in [-0.3, -0.25) is 4.21 Å². The Bertz CT molecular complexity index is 493. The van der Waals surface area contributed by atoms with Gasteiger partial charge < -0.3 is 10.1 Å². The monoisotopic (exact) mass is 301 g/mol. The zero-order valence-corrected chi connectivity index (χ0v) is 12.8. The Hall–Kier alpha value is -1.27. The van der Waals surface area contributed by atoms with Gasteiger partial charge in [-0.2, -0.15) is 0 Å². The predicted molar refractivity (Wildman–Crippen MR) is 77.6 cm³/mol. The van der Waals surface area contributed by atoms with Crippen LogP contribution in [0.4, 0.5) is 4.39 Å². The smallest absolute Gasteiger partial charge is 0.340 e. The van der Waals surface area contributed by atoms with Crippen molar-refractivity contribution in [2.24, 2.45) is 0 Å². The van der Waals surface area contributed by atoms with Crippen LogP contribution in [0.15, 0.2) is 18.2 Å². The summed E-state index contributed by atoms with van der Waals surface area (Å²) in [7, 11) is 0.420. The number of methoxy groups -OCH3 is 1. The summed E-state index contributed by atoms with van der Waals surface area (Å²) in [6.07, 6.45) is 2.47. The van der Waals surface area contributed by atoms with Gasteiger partial charge in [0.2, 0.25) is 0 Å². The normalized spacial score (nSPS) is 13.8. The van der Waals surface area contributed by atoms with Crippen molar-refractivity contribution in [2.45, 2.75) is 25.9 Å². The predicted octanol–water partition coefficient (Wildman–Crippen LogP) is 1.86. The Labute approximate surface area is 121 Å². The summed E-state index contributed by atoms with van der Waals surface area (Å²) in [6, 6.07) is 4.63. The highest BCUT2D eigenvalue weighted by Gasteiger charge is 2.12. The Morgan fingerprint density at radius 3 is 2.75 bits per heavy atom. The summed E-state index contributed by atoms with van der Waals surface area (Å²) in [4.78, 5) is 11.3. The van der Waals surface area contributed by atoms with E-state index in [-0.39, 0.29) is 11.6 Å². The molecule has 0 fully saturated rings. The maximum atomic E-state index is 13.7. The maximum absolute atomic E-state index is 13.7. The van der Waals surface area contributed by atoms with Gasteiger partial charge in [0.05, 0.1) is 12.7 Å². The highest BCUT2D eigenvalue weighted by Crippen LogP contribution is 2.12. The average Bonchev–Trinajstić information content (AvgIpc) is 2.42.